The highest BCUT2D eigenvalue weighted by Crippen LogP contribution is 2.33. The Morgan fingerprint density at radius 2 is 1.85 bits per heavy atom. The third kappa shape index (κ3) is 3.01. The van der Waals surface area contributed by atoms with Crippen molar-refractivity contribution in [3.05, 3.63) is 65.7 Å². The first kappa shape index (κ1) is 17.4. The Bertz CT molecular complexity index is 1030. The van der Waals surface area contributed by atoms with Crippen LogP contribution in [0.5, 0.6) is 0 Å². The topological polar surface area (TPSA) is 62.9 Å². The monoisotopic (exact) mass is 361 g/mol. The summed E-state index contributed by atoms with van der Waals surface area (Å²) in [7, 11) is 0. The fraction of sp³-hybridized carbons (Fsp3) is 0.333. The van der Waals surface area contributed by atoms with Crippen LogP contribution in [0.1, 0.15) is 50.4 Å². The van der Waals surface area contributed by atoms with Crippen molar-refractivity contribution in [1.29, 1.82) is 0 Å². The second-order valence-corrected chi connectivity index (χ2v) is 7.80. The van der Waals surface area contributed by atoms with Crippen molar-refractivity contribution in [2.45, 2.75) is 40.2 Å². The quantitative estimate of drug-likeness (QED) is 0.713. The van der Waals surface area contributed by atoms with Crippen molar-refractivity contribution in [2.75, 3.05) is 0 Å². The van der Waals surface area contributed by atoms with Gasteiger partial charge in [-0.3, -0.25) is 9.78 Å². The van der Waals surface area contributed by atoms with E-state index in [1.165, 1.54) is 0 Å². The summed E-state index contributed by atoms with van der Waals surface area (Å²) >= 11 is 0. The lowest BCUT2D eigenvalue weighted by Gasteiger charge is -2.19. The van der Waals surface area contributed by atoms with Gasteiger partial charge in [0.2, 0.25) is 0 Å². The number of hydrogen-bond acceptors (Lipinski definition) is 4. The average Bonchev–Trinajstić information content (AvgIpc) is 3.17. The molecule has 0 spiro atoms. The smallest absolute Gasteiger partial charge is 0.254 e. The van der Waals surface area contributed by atoms with E-state index in [4.69, 9.17) is 0 Å². The molecular weight excluding hydrogens is 338 g/mol. The van der Waals surface area contributed by atoms with Gasteiger partial charge in [-0.2, -0.15) is 10.2 Å². The first-order valence-electron chi connectivity index (χ1n) is 9.16. The van der Waals surface area contributed by atoms with E-state index in [0.717, 1.165) is 28.0 Å². The molecule has 3 aromatic rings. The van der Waals surface area contributed by atoms with Crippen molar-refractivity contribution in [2.24, 2.45) is 10.5 Å². The fourth-order valence-corrected chi connectivity index (χ4v) is 3.33. The molecule has 4 rings (SSSR count). The molecular formula is C21H23N5O. The van der Waals surface area contributed by atoms with Crippen LogP contribution in [-0.4, -0.2) is 31.2 Å². The maximum Gasteiger partial charge on any atom is 0.254 e. The molecule has 0 fully saturated rings. The molecule has 6 nitrogen and oxygen atoms in total. The predicted octanol–water partition coefficient (Wildman–Crippen LogP) is 3.63. The summed E-state index contributed by atoms with van der Waals surface area (Å²) in [4.78, 5) is 17.0. The minimum Gasteiger partial charge on any atom is -0.272 e. The van der Waals surface area contributed by atoms with Crippen molar-refractivity contribution in [3.63, 3.8) is 0 Å². The molecule has 27 heavy (non-hydrogen) atoms. The zero-order chi connectivity index (χ0) is 19.2. The number of carbonyl (C=O) groups excluding carboxylic acids is 1. The molecule has 0 atom stereocenters. The number of hydrogen-bond donors (Lipinski definition) is 0. The molecule has 1 amide bonds. The molecule has 0 aliphatic carbocycles. The van der Waals surface area contributed by atoms with Crippen LogP contribution in [0.25, 0.3) is 5.52 Å². The van der Waals surface area contributed by atoms with E-state index < -0.39 is 5.41 Å². The van der Waals surface area contributed by atoms with Crippen LogP contribution in [0.3, 0.4) is 0 Å². The molecule has 1 aliphatic heterocycles. The summed E-state index contributed by atoms with van der Waals surface area (Å²) in [5, 5.41) is 10.9. The second kappa shape index (κ2) is 6.30. The van der Waals surface area contributed by atoms with Gasteiger partial charge in [-0.05, 0) is 55.7 Å². The van der Waals surface area contributed by atoms with Crippen LogP contribution in [0.15, 0.2) is 54.0 Å². The maximum atomic E-state index is 12.9. The summed E-state index contributed by atoms with van der Waals surface area (Å²) in [6, 6.07) is 9.94. The highest BCUT2D eigenvalue weighted by atomic mass is 16.2. The van der Waals surface area contributed by atoms with Crippen LogP contribution in [0, 0.1) is 5.41 Å². The molecule has 0 N–H and O–H groups in total. The van der Waals surface area contributed by atoms with Gasteiger partial charge in [0.25, 0.3) is 5.91 Å². The summed E-state index contributed by atoms with van der Waals surface area (Å²) in [5.41, 5.74) is 4.09. The fourth-order valence-electron chi connectivity index (χ4n) is 3.33. The van der Waals surface area contributed by atoms with E-state index in [1.807, 2.05) is 48.8 Å². The Labute approximate surface area is 158 Å². The molecule has 0 radical (unpaired) electrons. The number of rotatable bonds is 4. The van der Waals surface area contributed by atoms with Gasteiger partial charge in [0.05, 0.1) is 28.9 Å². The van der Waals surface area contributed by atoms with E-state index in [2.05, 4.69) is 35.1 Å². The molecule has 4 heterocycles. The van der Waals surface area contributed by atoms with E-state index in [0.29, 0.717) is 12.5 Å². The molecule has 0 saturated carbocycles. The van der Waals surface area contributed by atoms with Gasteiger partial charge < -0.3 is 0 Å². The van der Waals surface area contributed by atoms with Gasteiger partial charge in [-0.15, -0.1) is 0 Å². The van der Waals surface area contributed by atoms with Gasteiger partial charge in [-0.25, -0.2) is 9.52 Å². The zero-order valence-electron chi connectivity index (χ0n) is 16.0. The van der Waals surface area contributed by atoms with Crippen LogP contribution >= 0.6 is 0 Å². The summed E-state index contributed by atoms with van der Waals surface area (Å²) in [5.74, 6) is 0.365. The highest BCUT2D eigenvalue weighted by Gasteiger charge is 2.44. The lowest BCUT2D eigenvalue weighted by atomic mass is 9.84. The maximum absolute atomic E-state index is 12.9. The van der Waals surface area contributed by atoms with Crippen LogP contribution < -0.4 is 0 Å². The van der Waals surface area contributed by atoms with Crippen LogP contribution in [0.2, 0.25) is 0 Å². The third-order valence-electron chi connectivity index (χ3n) is 5.01. The minimum absolute atomic E-state index is 0.00209. The third-order valence-corrected chi connectivity index (χ3v) is 5.01. The van der Waals surface area contributed by atoms with E-state index in [9.17, 15) is 4.79 Å². The highest BCUT2D eigenvalue weighted by molar-refractivity contribution is 6.19. The van der Waals surface area contributed by atoms with E-state index >= 15 is 0 Å². The number of hydrazone groups is 1. The minimum atomic E-state index is -0.686. The van der Waals surface area contributed by atoms with Crippen LogP contribution in [-0.2, 0) is 11.3 Å². The first-order valence-corrected chi connectivity index (χ1v) is 9.16. The van der Waals surface area contributed by atoms with Gasteiger partial charge in [0.1, 0.15) is 0 Å². The summed E-state index contributed by atoms with van der Waals surface area (Å²) < 4.78 is 1.87. The predicted molar refractivity (Wildman–Crippen MR) is 104 cm³/mol. The Morgan fingerprint density at radius 3 is 2.56 bits per heavy atom. The number of nitrogens with zero attached hydrogens (tertiary/aromatic N) is 5. The standard InChI is InChI=1S/C21H23N5O/c1-14(2)18-11-17-6-5-16(13-25(17)23-18)19-21(3,4)20(27)26(24-19)12-15-7-9-22-10-8-15/h5-11,13-14H,12H2,1-4H3. The Kier molecular flexibility index (Phi) is 4.06. The van der Waals surface area contributed by atoms with Gasteiger partial charge in [0.15, 0.2) is 0 Å². The van der Waals surface area contributed by atoms with Crippen molar-refractivity contribution >= 4 is 17.1 Å². The molecule has 0 unspecified atom stereocenters. The number of amides is 1. The van der Waals surface area contributed by atoms with Crippen LogP contribution in [0.4, 0.5) is 0 Å². The number of carbonyl (C=O) groups is 1. The van der Waals surface area contributed by atoms with Crippen molar-refractivity contribution in [1.82, 2.24) is 19.6 Å². The van der Waals surface area contributed by atoms with Crippen molar-refractivity contribution < 1.29 is 4.79 Å². The normalized spacial score (nSPS) is 16.4. The summed E-state index contributed by atoms with van der Waals surface area (Å²) in [6.07, 6.45) is 5.41. The number of pyridine rings is 2. The van der Waals surface area contributed by atoms with E-state index in [1.54, 1.807) is 17.4 Å². The molecule has 0 saturated heterocycles. The number of aromatic nitrogens is 3. The average molecular weight is 361 g/mol. The van der Waals surface area contributed by atoms with Crippen molar-refractivity contribution in [3.8, 4) is 0 Å². The molecule has 0 aromatic carbocycles. The molecule has 6 heteroatoms. The Balaban J connectivity index is 1.71. The lowest BCUT2D eigenvalue weighted by molar-refractivity contribution is -0.135. The second-order valence-electron chi connectivity index (χ2n) is 7.80. The van der Waals surface area contributed by atoms with Gasteiger partial charge in [-0.1, -0.05) is 13.8 Å². The first-order chi connectivity index (χ1) is 12.9. The van der Waals surface area contributed by atoms with E-state index in [-0.39, 0.29) is 5.91 Å². The lowest BCUT2D eigenvalue weighted by Crippen LogP contribution is -2.34. The molecule has 3 aromatic heterocycles. The molecule has 0 bridgehead atoms. The zero-order valence-corrected chi connectivity index (χ0v) is 16.0. The molecule has 1 aliphatic rings. The largest absolute Gasteiger partial charge is 0.272 e. The SMILES string of the molecule is CC(C)c1cc2ccc(C3=NN(Cc4ccncc4)C(=O)C3(C)C)cn2n1. The summed E-state index contributed by atoms with van der Waals surface area (Å²) in [6.45, 7) is 8.54. The van der Waals surface area contributed by atoms with Gasteiger partial charge >= 0.3 is 0 Å². The molecule has 138 valence electrons. The Morgan fingerprint density at radius 1 is 1.11 bits per heavy atom. The van der Waals surface area contributed by atoms with Gasteiger partial charge in [0, 0.05) is 24.2 Å². The number of fused-ring (bicyclic) bond motifs is 1. The Hall–Kier alpha value is -3.02.